The summed E-state index contributed by atoms with van der Waals surface area (Å²) in [6.45, 7) is 0. The van der Waals surface area contributed by atoms with E-state index in [1.165, 1.54) is 11.3 Å². The largest absolute Gasteiger partial charge is 0.296 e. The maximum Gasteiger partial charge on any atom is 0.276 e. The van der Waals surface area contributed by atoms with Crippen molar-refractivity contribution < 1.29 is 4.79 Å². The zero-order chi connectivity index (χ0) is 17.8. The summed E-state index contributed by atoms with van der Waals surface area (Å²) in [6.07, 6.45) is 1.70. The van der Waals surface area contributed by atoms with Crippen LogP contribution in [0.1, 0.15) is 10.5 Å². The Morgan fingerprint density at radius 1 is 0.808 bits per heavy atom. The average Bonchev–Trinajstić information content (AvgIpc) is 3.18. The van der Waals surface area contributed by atoms with E-state index in [4.69, 9.17) is 0 Å². The lowest BCUT2D eigenvalue weighted by Crippen LogP contribution is -2.13. The van der Waals surface area contributed by atoms with Crippen LogP contribution in [0.3, 0.4) is 0 Å². The van der Waals surface area contributed by atoms with E-state index in [-0.39, 0.29) is 5.91 Å². The predicted octanol–water partition coefficient (Wildman–Crippen LogP) is 4.52. The van der Waals surface area contributed by atoms with Gasteiger partial charge in [0.2, 0.25) is 0 Å². The van der Waals surface area contributed by atoms with Gasteiger partial charge in [0.05, 0.1) is 17.1 Å². The first-order valence-electron chi connectivity index (χ1n) is 8.00. The Morgan fingerprint density at radius 2 is 1.62 bits per heavy atom. The second-order valence-corrected chi connectivity index (χ2v) is 6.34. The summed E-state index contributed by atoms with van der Waals surface area (Å²) < 4.78 is 0. The van der Waals surface area contributed by atoms with Crippen LogP contribution >= 0.6 is 11.3 Å². The number of benzene rings is 1. The number of nitrogens with zero attached hydrogens (tertiary/aromatic N) is 3. The molecule has 3 heterocycles. The van der Waals surface area contributed by atoms with Gasteiger partial charge in [-0.25, -0.2) is 9.97 Å². The maximum absolute atomic E-state index is 12.5. The van der Waals surface area contributed by atoms with Crippen molar-refractivity contribution >= 4 is 22.4 Å². The van der Waals surface area contributed by atoms with Crippen molar-refractivity contribution in [1.82, 2.24) is 15.0 Å². The lowest BCUT2D eigenvalue weighted by molar-refractivity contribution is 0.102. The third-order valence-corrected chi connectivity index (χ3v) is 4.46. The quantitative estimate of drug-likeness (QED) is 0.582. The molecule has 0 aliphatic rings. The van der Waals surface area contributed by atoms with Crippen LogP contribution in [-0.4, -0.2) is 20.9 Å². The summed E-state index contributed by atoms with van der Waals surface area (Å²) in [5.74, 6) is -0.295. The van der Waals surface area contributed by atoms with Crippen LogP contribution in [0, 0.1) is 0 Å². The molecule has 0 radical (unpaired) electrons. The van der Waals surface area contributed by atoms with Gasteiger partial charge in [0.25, 0.3) is 5.91 Å². The molecule has 1 amide bonds. The highest BCUT2D eigenvalue weighted by Crippen LogP contribution is 2.25. The zero-order valence-electron chi connectivity index (χ0n) is 13.7. The van der Waals surface area contributed by atoms with Crippen molar-refractivity contribution in [3.8, 4) is 22.6 Å². The summed E-state index contributed by atoms with van der Waals surface area (Å²) in [5, 5.41) is 5.27. The molecule has 1 aromatic carbocycles. The molecule has 6 heteroatoms. The average molecular weight is 358 g/mol. The molecule has 0 saturated carbocycles. The van der Waals surface area contributed by atoms with Crippen molar-refractivity contribution in [3.63, 3.8) is 0 Å². The Kier molecular flexibility index (Phi) is 4.49. The van der Waals surface area contributed by atoms with Crippen LogP contribution in [0.2, 0.25) is 0 Å². The smallest absolute Gasteiger partial charge is 0.276 e. The standard InChI is InChI=1S/C20H14N4OS/c25-19(17-11-6-10-16(22-17)15-9-4-5-12-21-15)24-20-23-18(13-26-20)14-7-2-1-3-8-14/h1-13H,(H,23,24,25). The number of nitrogens with one attached hydrogen (secondary N) is 1. The highest BCUT2D eigenvalue weighted by Gasteiger charge is 2.12. The van der Waals surface area contributed by atoms with Gasteiger partial charge in [0.1, 0.15) is 5.69 Å². The number of anilines is 1. The topological polar surface area (TPSA) is 67.8 Å². The maximum atomic E-state index is 12.5. The summed E-state index contributed by atoms with van der Waals surface area (Å²) in [5.41, 5.74) is 3.55. The minimum Gasteiger partial charge on any atom is -0.296 e. The molecule has 0 bridgehead atoms. The summed E-state index contributed by atoms with van der Waals surface area (Å²) in [7, 11) is 0. The number of aromatic nitrogens is 3. The monoisotopic (exact) mass is 358 g/mol. The van der Waals surface area contributed by atoms with Crippen LogP contribution < -0.4 is 5.32 Å². The van der Waals surface area contributed by atoms with Gasteiger partial charge in [-0.1, -0.05) is 42.5 Å². The normalized spacial score (nSPS) is 10.5. The van der Waals surface area contributed by atoms with Gasteiger partial charge in [-0.05, 0) is 24.3 Å². The van der Waals surface area contributed by atoms with Gasteiger partial charge in [-0.2, -0.15) is 0 Å². The van der Waals surface area contributed by atoms with E-state index in [2.05, 4.69) is 20.3 Å². The number of thiazole rings is 1. The predicted molar refractivity (Wildman–Crippen MR) is 103 cm³/mol. The Balaban J connectivity index is 1.53. The van der Waals surface area contributed by atoms with Crippen molar-refractivity contribution in [2.45, 2.75) is 0 Å². The molecule has 4 rings (SSSR count). The molecule has 0 aliphatic carbocycles. The first-order chi connectivity index (χ1) is 12.8. The van der Waals surface area contributed by atoms with Crippen LogP contribution in [0.5, 0.6) is 0 Å². The highest BCUT2D eigenvalue weighted by atomic mass is 32.1. The minimum absolute atomic E-state index is 0.295. The number of hydrogen-bond acceptors (Lipinski definition) is 5. The second-order valence-electron chi connectivity index (χ2n) is 5.48. The molecule has 0 unspecified atom stereocenters. The molecule has 0 spiro atoms. The van der Waals surface area contributed by atoms with E-state index < -0.39 is 0 Å². The van der Waals surface area contributed by atoms with Crippen molar-refractivity contribution in [2.24, 2.45) is 0 Å². The molecule has 126 valence electrons. The molecule has 26 heavy (non-hydrogen) atoms. The van der Waals surface area contributed by atoms with E-state index in [0.29, 0.717) is 16.5 Å². The van der Waals surface area contributed by atoms with Gasteiger partial charge < -0.3 is 0 Å². The van der Waals surface area contributed by atoms with Gasteiger partial charge in [0, 0.05) is 17.1 Å². The van der Waals surface area contributed by atoms with E-state index in [9.17, 15) is 4.79 Å². The molecule has 4 aromatic rings. The van der Waals surface area contributed by atoms with E-state index in [0.717, 1.165) is 17.0 Å². The molecular formula is C20H14N4OS. The molecule has 0 saturated heterocycles. The molecule has 0 atom stereocenters. The SMILES string of the molecule is O=C(Nc1nc(-c2ccccc2)cs1)c1cccc(-c2ccccn2)n1. The van der Waals surface area contributed by atoms with Crippen molar-refractivity contribution in [2.75, 3.05) is 5.32 Å². The van der Waals surface area contributed by atoms with Crippen molar-refractivity contribution in [3.05, 3.63) is 84.0 Å². The first kappa shape index (κ1) is 16.1. The first-order valence-corrected chi connectivity index (χ1v) is 8.88. The van der Waals surface area contributed by atoms with Crippen LogP contribution in [-0.2, 0) is 0 Å². The molecule has 5 nitrogen and oxygen atoms in total. The van der Waals surface area contributed by atoms with E-state index in [1.807, 2.05) is 60.0 Å². The minimum atomic E-state index is -0.295. The van der Waals surface area contributed by atoms with Gasteiger partial charge in [-0.3, -0.25) is 15.1 Å². The summed E-state index contributed by atoms with van der Waals surface area (Å²) in [6, 6.07) is 20.7. The Hall–Kier alpha value is -3.38. The molecule has 0 aliphatic heterocycles. The Bertz CT molecular complexity index is 1030. The lowest BCUT2D eigenvalue weighted by atomic mass is 10.2. The van der Waals surface area contributed by atoms with Crippen molar-refractivity contribution in [1.29, 1.82) is 0 Å². The van der Waals surface area contributed by atoms with Crippen LogP contribution in [0.15, 0.2) is 78.3 Å². The zero-order valence-corrected chi connectivity index (χ0v) is 14.5. The molecule has 3 aromatic heterocycles. The number of pyridine rings is 2. The van der Waals surface area contributed by atoms with Gasteiger partial charge >= 0.3 is 0 Å². The number of amides is 1. The fraction of sp³-hybridized carbons (Fsp3) is 0. The molecular weight excluding hydrogens is 344 g/mol. The number of rotatable bonds is 4. The highest BCUT2D eigenvalue weighted by molar-refractivity contribution is 7.14. The van der Waals surface area contributed by atoms with E-state index >= 15 is 0 Å². The van der Waals surface area contributed by atoms with Gasteiger partial charge in [-0.15, -0.1) is 11.3 Å². The fourth-order valence-electron chi connectivity index (χ4n) is 2.45. The number of carbonyl (C=O) groups excluding carboxylic acids is 1. The van der Waals surface area contributed by atoms with Crippen LogP contribution in [0.4, 0.5) is 5.13 Å². The van der Waals surface area contributed by atoms with Crippen LogP contribution in [0.25, 0.3) is 22.6 Å². The summed E-state index contributed by atoms with van der Waals surface area (Å²) in [4.78, 5) is 25.7. The number of hydrogen-bond donors (Lipinski definition) is 1. The third kappa shape index (κ3) is 3.50. The fourth-order valence-corrected chi connectivity index (χ4v) is 3.17. The lowest BCUT2D eigenvalue weighted by Gasteiger charge is -2.04. The van der Waals surface area contributed by atoms with Gasteiger partial charge in [0.15, 0.2) is 5.13 Å². The molecule has 1 N–H and O–H groups in total. The Labute approximate surface area is 154 Å². The Morgan fingerprint density at radius 3 is 2.42 bits per heavy atom. The second kappa shape index (κ2) is 7.25. The number of carbonyl (C=O) groups is 1. The van der Waals surface area contributed by atoms with E-state index in [1.54, 1.807) is 18.3 Å². The summed E-state index contributed by atoms with van der Waals surface area (Å²) >= 11 is 1.38. The molecule has 0 fully saturated rings. The third-order valence-electron chi connectivity index (χ3n) is 3.70.